The molecule has 1 aromatic heterocycles. The van der Waals surface area contributed by atoms with Gasteiger partial charge in [0.05, 0.1) is 18.1 Å². The Morgan fingerprint density at radius 3 is 2.33 bits per heavy atom. The predicted molar refractivity (Wildman–Crippen MR) is 169 cm³/mol. The summed E-state index contributed by atoms with van der Waals surface area (Å²) in [5, 5.41) is 10.7. The largest absolute Gasteiger partial charge is 0.324 e. The molecule has 0 spiro atoms. The summed E-state index contributed by atoms with van der Waals surface area (Å²) in [6, 6.07) is 23.6. The second kappa shape index (κ2) is 11.8. The van der Waals surface area contributed by atoms with Gasteiger partial charge in [-0.3, -0.25) is 19.9 Å². The molecule has 0 saturated carbocycles. The van der Waals surface area contributed by atoms with E-state index in [1.807, 2.05) is 78.6 Å². The fourth-order valence-electron chi connectivity index (χ4n) is 5.06. The quantitative estimate of drug-likeness (QED) is 0.266. The van der Waals surface area contributed by atoms with E-state index in [4.69, 9.17) is 5.10 Å². The highest BCUT2D eigenvalue weighted by molar-refractivity contribution is 5.99. The average molecular weight is 565 g/mol. The molecule has 1 aliphatic rings. The van der Waals surface area contributed by atoms with E-state index >= 15 is 0 Å². The standard InChI is InChI=1S/C34H40N6O2/c1-23-10-16-28(17-11-23)40-31(20-30(37-40)34(4,5)6)36-33(42)35-27-14-12-26(13-15-27)21-38-19-18-32(41)39(22-38)29-9-7-8-24(2)25(29)3/h7-17,20H,18-19,21-22H2,1-6H3,(H2,35,36,42). The number of hydrogen-bond acceptors (Lipinski definition) is 4. The lowest BCUT2D eigenvalue weighted by atomic mass is 9.92. The van der Waals surface area contributed by atoms with Gasteiger partial charge in [-0.25, -0.2) is 9.48 Å². The van der Waals surface area contributed by atoms with Gasteiger partial charge < -0.3 is 5.32 Å². The maximum atomic E-state index is 13.0. The maximum Gasteiger partial charge on any atom is 0.324 e. The number of nitrogens with one attached hydrogen (secondary N) is 2. The number of benzene rings is 3. The molecule has 2 N–H and O–H groups in total. The van der Waals surface area contributed by atoms with Crippen molar-refractivity contribution >= 4 is 29.1 Å². The lowest BCUT2D eigenvalue weighted by molar-refractivity contribution is -0.121. The number of carbonyl (C=O) groups excluding carboxylic acids is 2. The molecular formula is C34H40N6O2. The van der Waals surface area contributed by atoms with Gasteiger partial charge in [-0.05, 0) is 67.8 Å². The molecule has 2 heterocycles. The number of amides is 3. The summed E-state index contributed by atoms with van der Waals surface area (Å²) in [6.07, 6.45) is 0.489. The van der Waals surface area contributed by atoms with Gasteiger partial charge >= 0.3 is 6.03 Å². The van der Waals surface area contributed by atoms with Crippen LogP contribution in [0.4, 0.5) is 22.0 Å². The molecule has 0 atom stereocenters. The van der Waals surface area contributed by atoms with Crippen LogP contribution in [0.1, 0.15) is 55.1 Å². The van der Waals surface area contributed by atoms with Crippen molar-refractivity contribution in [2.24, 2.45) is 0 Å². The van der Waals surface area contributed by atoms with Crippen molar-refractivity contribution in [1.82, 2.24) is 14.7 Å². The SMILES string of the molecule is Cc1ccc(-n2nc(C(C)(C)C)cc2NC(=O)Nc2ccc(CN3CCC(=O)N(c4cccc(C)c4C)C3)cc2)cc1. The Morgan fingerprint density at radius 2 is 1.64 bits per heavy atom. The first kappa shape index (κ1) is 29.1. The molecule has 1 saturated heterocycles. The van der Waals surface area contributed by atoms with Crippen LogP contribution in [-0.4, -0.2) is 39.8 Å². The van der Waals surface area contributed by atoms with Crippen LogP contribution in [-0.2, 0) is 16.8 Å². The van der Waals surface area contributed by atoms with Gasteiger partial charge in [-0.15, -0.1) is 0 Å². The van der Waals surface area contributed by atoms with E-state index < -0.39 is 0 Å². The van der Waals surface area contributed by atoms with Crippen molar-refractivity contribution in [3.05, 3.63) is 101 Å². The Labute approximate surface area is 248 Å². The fraction of sp³-hybridized carbons (Fsp3) is 0.324. The van der Waals surface area contributed by atoms with Crippen LogP contribution in [0, 0.1) is 20.8 Å². The lowest BCUT2D eigenvalue weighted by Gasteiger charge is -2.36. The molecule has 8 nitrogen and oxygen atoms in total. The van der Waals surface area contributed by atoms with Crippen LogP contribution in [0.3, 0.4) is 0 Å². The van der Waals surface area contributed by atoms with Crippen LogP contribution < -0.4 is 15.5 Å². The zero-order valence-corrected chi connectivity index (χ0v) is 25.4. The molecule has 218 valence electrons. The molecule has 3 aromatic carbocycles. The second-order valence-corrected chi connectivity index (χ2v) is 12.2. The third-order valence-corrected chi connectivity index (χ3v) is 7.77. The highest BCUT2D eigenvalue weighted by atomic mass is 16.2. The van der Waals surface area contributed by atoms with Crippen molar-refractivity contribution in [2.75, 3.05) is 28.7 Å². The van der Waals surface area contributed by atoms with Crippen LogP contribution in [0.2, 0.25) is 0 Å². The van der Waals surface area contributed by atoms with E-state index in [1.165, 1.54) is 5.56 Å². The summed E-state index contributed by atoms with van der Waals surface area (Å²) < 4.78 is 1.77. The third kappa shape index (κ3) is 6.55. The van der Waals surface area contributed by atoms with Crippen molar-refractivity contribution in [2.45, 2.75) is 59.9 Å². The number of rotatable bonds is 6. The fourth-order valence-corrected chi connectivity index (χ4v) is 5.06. The Hall–Kier alpha value is -4.43. The molecular weight excluding hydrogens is 524 g/mol. The van der Waals surface area contributed by atoms with E-state index in [9.17, 15) is 9.59 Å². The van der Waals surface area contributed by atoms with Gasteiger partial charge in [0.2, 0.25) is 5.91 Å². The topological polar surface area (TPSA) is 82.5 Å². The van der Waals surface area contributed by atoms with Crippen LogP contribution in [0.15, 0.2) is 72.8 Å². The molecule has 0 unspecified atom stereocenters. The molecule has 0 radical (unpaired) electrons. The van der Waals surface area contributed by atoms with E-state index in [0.717, 1.165) is 33.8 Å². The molecule has 8 heteroatoms. The van der Waals surface area contributed by atoms with Crippen LogP contribution >= 0.6 is 0 Å². The number of aryl methyl sites for hydroxylation is 2. The first-order valence-electron chi connectivity index (χ1n) is 14.4. The highest BCUT2D eigenvalue weighted by Gasteiger charge is 2.26. The van der Waals surface area contributed by atoms with Crippen LogP contribution in [0.5, 0.6) is 0 Å². The van der Waals surface area contributed by atoms with Gasteiger partial charge in [0.25, 0.3) is 0 Å². The van der Waals surface area contributed by atoms with Crippen molar-refractivity contribution in [1.29, 1.82) is 0 Å². The lowest BCUT2D eigenvalue weighted by Crippen LogP contribution is -2.48. The third-order valence-electron chi connectivity index (χ3n) is 7.77. The summed E-state index contributed by atoms with van der Waals surface area (Å²) in [7, 11) is 0. The normalized spacial score (nSPS) is 14.2. The van der Waals surface area contributed by atoms with Gasteiger partial charge in [0, 0.05) is 42.4 Å². The van der Waals surface area contributed by atoms with Crippen molar-refractivity contribution in [3.63, 3.8) is 0 Å². The second-order valence-electron chi connectivity index (χ2n) is 12.2. The van der Waals surface area contributed by atoms with Crippen molar-refractivity contribution in [3.8, 4) is 5.69 Å². The van der Waals surface area contributed by atoms with Gasteiger partial charge in [0.1, 0.15) is 5.82 Å². The van der Waals surface area contributed by atoms with Gasteiger partial charge in [-0.2, -0.15) is 5.10 Å². The number of carbonyl (C=O) groups is 2. The predicted octanol–water partition coefficient (Wildman–Crippen LogP) is 6.94. The number of nitrogens with zero attached hydrogens (tertiary/aromatic N) is 4. The summed E-state index contributed by atoms with van der Waals surface area (Å²) in [4.78, 5) is 29.9. The zero-order valence-electron chi connectivity index (χ0n) is 25.4. The van der Waals surface area contributed by atoms with E-state index in [1.54, 1.807) is 4.68 Å². The van der Waals surface area contributed by atoms with E-state index in [-0.39, 0.29) is 17.4 Å². The van der Waals surface area contributed by atoms with E-state index in [2.05, 4.69) is 56.2 Å². The smallest absolute Gasteiger partial charge is 0.308 e. The number of aromatic nitrogens is 2. The summed E-state index contributed by atoms with van der Waals surface area (Å²) in [6.45, 7) is 14.5. The molecule has 5 rings (SSSR count). The summed E-state index contributed by atoms with van der Waals surface area (Å²) >= 11 is 0. The van der Waals surface area contributed by atoms with Gasteiger partial charge in [-0.1, -0.05) is 62.7 Å². The maximum absolute atomic E-state index is 13.0. The highest BCUT2D eigenvalue weighted by Crippen LogP contribution is 2.28. The molecule has 1 aliphatic heterocycles. The molecule has 4 aromatic rings. The number of urea groups is 1. The molecule has 1 fully saturated rings. The Bertz CT molecular complexity index is 1580. The average Bonchev–Trinajstić information content (AvgIpc) is 3.37. The minimum Gasteiger partial charge on any atom is -0.308 e. The Morgan fingerprint density at radius 1 is 0.929 bits per heavy atom. The van der Waals surface area contributed by atoms with Gasteiger partial charge in [0.15, 0.2) is 0 Å². The number of hydrogen-bond donors (Lipinski definition) is 2. The minimum atomic E-state index is -0.338. The molecule has 3 amide bonds. The first-order chi connectivity index (χ1) is 20.0. The molecule has 42 heavy (non-hydrogen) atoms. The Kier molecular flexibility index (Phi) is 8.18. The summed E-state index contributed by atoms with van der Waals surface area (Å²) in [5.74, 6) is 0.759. The first-order valence-corrected chi connectivity index (χ1v) is 14.4. The zero-order chi connectivity index (χ0) is 30.0. The molecule has 0 aliphatic carbocycles. The van der Waals surface area contributed by atoms with Crippen molar-refractivity contribution < 1.29 is 9.59 Å². The summed E-state index contributed by atoms with van der Waals surface area (Å²) in [5.41, 5.74) is 7.86. The van der Waals surface area contributed by atoms with E-state index in [0.29, 0.717) is 37.7 Å². The van der Waals surface area contributed by atoms with Crippen LogP contribution in [0.25, 0.3) is 5.69 Å². The molecule has 0 bridgehead atoms. The monoisotopic (exact) mass is 564 g/mol. The minimum absolute atomic E-state index is 0.156. The Balaban J connectivity index is 1.24. The number of anilines is 3.